The Balaban J connectivity index is 2.18. The van der Waals surface area contributed by atoms with Crippen LogP contribution in [0.5, 0.6) is 0 Å². The molecular formula is C15H21N3O3. The number of likely N-dealkylation sites (tertiary alicyclic amines) is 1. The van der Waals surface area contributed by atoms with Gasteiger partial charge in [-0.1, -0.05) is 6.92 Å². The lowest BCUT2D eigenvalue weighted by molar-refractivity contribution is 0.0692. The molecule has 1 amide bonds. The van der Waals surface area contributed by atoms with Crippen molar-refractivity contribution >= 4 is 11.9 Å². The summed E-state index contributed by atoms with van der Waals surface area (Å²) in [6, 6.07) is 3.28. The van der Waals surface area contributed by atoms with E-state index in [-0.39, 0.29) is 11.5 Å². The minimum Gasteiger partial charge on any atom is -0.478 e. The van der Waals surface area contributed by atoms with Crippen LogP contribution in [-0.2, 0) is 0 Å². The maximum atomic E-state index is 12.5. The number of rotatable bonds is 3. The highest BCUT2D eigenvalue weighted by Crippen LogP contribution is 2.21. The Hall–Kier alpha value is -1.95. The molecule has 2 atom stereocenters. The maximum absolute atomic E-state index is 12.5. The summed E-state index contributed by atoms with van der Waals surface area (Å²) in [6.07, 6.45) is 0. The number of aromatic carboxylic acids is 1. The van der Waals surface area contributed by atoms with E-state index < -0.39 is 5.97 Å². The topological polar surface area (TPSA) is 73.7 Å². The van der Waals surface area contributed by atoms with Crippen molar-refractivity contribution in [3.63, 3.8) is 0 Å². The highest BCUT2D eigenvalue weighted by atomic mass is 16.4. The molecule has 1 N–H and O–H groups in total. The number of nitrogens with zero attached hydrogens (tertiary/aromatic N) is 3. The van der Waals surface area contributed by atoms with E-state index in [4.69, 9.17) is 5.11 Å². The highest BCUT2D eigenvalue weighted by molar-refractivity contribution is 5.94. The molecule has 1 aromatic rings. The molecule has 21 heavy (non-hydrogen) atoms. The summed E-state index contributed by atoms with van der Waals surface area (Å²) in [5.41, 5.74) is 0.807. The zero-order chi connectivity index (χ0) is 15.7. The van der Waals surface area contributed by atoms with Gasteiger partial charge in [0.2, 0.25) is 0 Å². The fraction of sp³-hybridized carbons (Fsp3) is 0.533. The first-order valence-electron chi connectivity index (χ1n) is 6.98. The number of aryl methyl sites for hydroxylation is 1. The van der Waals surface area contributed by atoms with Crippen molar-refractivity contribution in [1.82, 2.24) is 14.8 Å². The van der Waals surface area contributed by atoms with E-state index in [1.165, 1.54) is 12.1 Å². The second-order valence-electron chi connectivity index (χ2n) is 5.85. The van der Waals surface area contributed by atoms with E-state index in [0.29, 0.717) is 36.4 Å². The first-order valence-corrected chi connectivity index (χ1v) is 6.98. The highest BCUT2D eigenvalue weighted by Gasteiger charge is 2.34. The Morgan fingerprint density at radius 3 is 2.48 bits per heavy atom. The quantitative estimate of drug-likeness (QED) is 0.903. The Morgan fingerprint density at radius 2 is 2.00 bits per heavy atom. The number of amides is 1. The Labute approximate surface area is 124 Å². The molecule has 1 saturated heterocycles. The van der Waals surface area contributed by atoms with E-state index in [0.717, 1.165) is 0 Å². The molecule has 0 saturated carbocycles. The van der Waals surface area contributed by atoms with E-state index in [9.17, 15) is 9.59 Å². The van der Waals surface area contributed by atoms with Crippen LogP contribution in [0.25, 0.3) is 0 Å². The van der Waals surface area contributed by atoms with Crippen molar-refractivity contribution in [2.45, 2.75) is 19.9 Å². The molecule has 0 spiro atoms. The van der Waals surface area contributed by atoms with E-state index >= 15 is 0 Å². The smallest absolute Gasteiger partial charge is 0.337 e. The lowest BCUT2D eigenvalue weighted by Crippen LogP contribution is -2.36. The van der Waals surface area contributed by atoms with Gasteiger partial charge in [0, 0.05) is 19.1 Å². The van der Waals surface area contributed by atoms with Crippen molar-refractivity contribution < 1.29 is 14.7 Å². The Kier molecular flexibility index (Phi) is 4.27. The fourth-order valence-corrected chi connectivity index (χ4v) is 2.86. The van der Waals surface area contributed by atoms with Gasteiger partial charge in [0.15, 0.2) is 0 Å². The summed E-state index contributed by atoms with van der Waals surface area (Å²) in [5, 5.41) is 9.00. The molecule has 0 bridgehead atoms. The van der Waals surface area contributed by atoms with Crippen LogP contribution in [0.4, 0.5) is 0 Å². The van der Waals surface area contributed by atoms with Gasteiger partial charge in [-0.05, 0) is 39.1 Å². The van der Waals surface area contributed by atoms with Crippen molar-refractivity contribution in [2.75, 3.05) is 27.2 Å². The summed E-state index contributed by atoms with van der Waals surface area (Å²) in [7, 11) is 4.03. The van der Waals surface area contributed by atoms with Gasteiger partial charge in [-0.3, -0.25) is 4.79 Å². The maximum Gasteiger partial charge on any atom is 0.337 e. The zero-order valence-electron chi connectivity index (χ0n) is 12.8. The van der Waals surface area contributed by atoms with Gasteiger partial charge >= 0.3 is 5.97 Å². The normalized spacial score (nSPS) is 21.9. The molecule has 6 nitrogen and oxygen atoms in total. The zero-order valence-corrected chi connectivity index (χ0v) is 12.8. The molecule has 1 fully saturated rings. The van der Waals surface area contributed by atoms with E-state index in [2.05, 4.69) is 16.8 Å². The van der Waals surface area contributed by atoms with Crippen molar-refractivity contribution in [3.8, 4) is 0 Å². The SMILES string of the molecule is Cc1nc(C(=O)N2CC(C)C(N(C)C)C2)ccc1C(=O)O. The van der Waals surface area contributed by atoms with Gasteiger partial charge < -0.3 is 14.9 Å². The van der Waals surface area contributed by atoms with Crippen LogP contribution in [0.1, 0.15) is 33.5 Å². The summed E-state index contributed by atoms with van der Waals surface area (Å²) < 4.78 is 0. The van der Waals surface area contributed by atoms with Gasteiger partial charge in [0.05, 0.1) is 11.3 Å². The molecule has 1 aliphatic heterocycles. The second-order valence-corrected chi connectivity index (χ2v) is 5.85. The third kappa shape index (κ3) is 3.05. The van der Waals surface area contributed by atoms with Gasteiger partial charge in [0.1, 0.15) is 5.69 Å². The van der Waals surface area contributed by atoms with Crippen molar-refractivity contribution in [3.05, 3.63) is 29.1 Å². The molecule has 114 valence electrons. The summed E-state index contributed by atoms with van der Waals surface area (Å²) in [5.74, 6) is -0.754. The minimum absolute atomic E-state index is 0.132. The van der Waals surface area contributed by atoms with Crippen LogP contribution in [0.3, 0.4) is 0 Å². The van der Waals surface area contributed by atoms with E-state index in [1.54, 1.807) is 11.8 Å². The molecule has 0 radical (unpaired) electrons. The number of carbonyl (C=O) groups is 2. The second kappa shape index (κ2) is 5.81. The lowest BCUT2D eigenvalue weighted by Gasteiger charge is -2.22. The van der Waals surface area contributed by atoms with E-state index in [1.807, 2.05) is 14.1 Å². The molecule has 2 heterocycles. The van der Waals surface area contributed by atoms with Crippen molar-refractivity contribution in [1.29, 1.82) is 0 Å². The molecule has 0 aromatic carbocycles. The number of likely N-dealkylation sites (N-methyl/N-ethyl adjacent to an activating group) is 1. The monoisotopic (exact) mass is 291 g/mol. The Bertz CT molecular complexity index is 571. The molecule has 2 unspecified atom stereocenters. The summed E-state index contributed by atoms with van der Waals surface area (Å²) in [4.78, 5) is 31.5. The van der Waals surface area contributed by atoms with Crippen LogP contribution >= 0.6 is 0 Å². The lowest BCUT2D eigenvalue weighted by atomic mass is 10.1. The van der Waals surface area contributed by atoms with Crippen LogP contribution in [0, 0.1) is 12.8 Å². The predicted octanol–water partition coefficient (Wildman–Crippen LogP) is 1.11. The number of carboxylic acid groups (broad SMARTS) is 1. The summed E-state index contributed by atoms with van der Waals surface area (Å²) in [6.45, 7) is 5.11. The molecule has 0 aliphatic carbocycles. The van der Waals surface area contributed by atoms with Crippen LogP contribution < -0.4 is 0 Å². The first kappa shape index (κ1) is 15.4. The number of carboxylic acids is 1. The molecular weight excluding hydrogens is 270 g/mol. The van der Waals surface area contributed by atoms with Gasteiger partial charge in [-0.25, -0.2) is 9.78 Å². The first-order chi connectivity index (χ1) is 9.81. The number of hydrogen-bond acceptors (Lipinski definition) is 4. The number of aromatic nitrogens is 1. The van der Waals surface area contributed by atoms with Crippen LogP contribution in [0.15, 0.2) is 12.1 Å². The average Bonchev–Trinajstić information content (AvgIpc) is 2.79. The summed E-state index contributed by atoms with van der Waals surface area (Å²) >= 11 is 0. The molecule has 1 aromatic heterocycles. The van der Waals surface area contributed by atoms with Gasteiger partial charge in [-0.15, -0.1) is 0 Å². The Morgan fingerprint density at radius 1 is 1.33 bits per heavy atom. The number of hydrogen-bond donors (Lipinski definition) is 1. The number of pyridine rings is 1. The average molecular weight is 291 g/mol. The third-order valence-electron chi connectivity index (χ3n) is 4.06. The molecule has 6 heteroatoms. The van der Waals surface area contributed by atoms with Crippen molar-refractivity contribution in [2.24, 2.45) is 5.92 Å². The van der Waals surface area contributed by atoms with Gasteiger partial charge in [0.25, 0.3) is 5.91 Å². The largest absolute Gasteiger partial charge is 0.478 e. The molecule has 2 rings (SSSR count). The minimum atomic E-state index is -1.03. The van der Waals surface area contributed by atoms with Crippen LogP contribution in [-0.4, -0.2) is 65.0 Å². The van der Waals surface area contributed by atoms with Gasteiger partial charge in [-0.2, -0.15) is 0 Å². The van der Waals surface area contributed by atoms with Crippen LogP contribution in [0.2, 0.25) is 0 Å². The number of carbonyl (C=O) groups excluding carboxylic acids is 1. The standard InChI is InChI=1S/C15H21N3O3/c1-9-7-18(8-13(9)17(3)4)14(19)12-6-5-11(15(20)21)10(2)16-12/h5-6,9,13H,7-8H2,1-4H3,(H,20,21). The molecule has 1 aliphatic rings. The predicted molar refractivity (Wildman–Crippen MR) is 78.5 cm³/mol. The fourth-order valence-electron chi connectivity index (χ4n) is 2.86. The third-order valence-corrected chi connectivity index (χ3v) is 4.06.